The molecule has 0 aliphatic carbocycles. The zero-order chi connectivity index (χ0) is 13.0. The second-order valence-electron chi connectivity index (χ2n) is 4.48. The van der Waals surface area contributed by atoms with E-state index in [0.717, 1.165) is 31.7 Å². The lowest BCUT2D eigenvalue weighted by atomic mass is 10.00. The fourth-order valence-electron chi connectivity index (χ4n) is 2.25. The van der Waals surface area contributed by atoms with Crippen LogP contribution in [-0.2, 0) is 4.74 Å². The largest absolute Gasteiger partial charge is 0.477 e. The number of aromatic nitrogens is 1. The molecule has 5 heteroatoms. The van der Waals surface area contributed by atoms with Crippen LogP contribution in [0, 0.1) is 5.92 Å². The van der Waals surface area contributed by atoms with Crippen molar-refractivity contribution < 1.29 is 14.6 Å². The monoisotopic (exact) mass is 250 g/mol. The van der Waals surface area contributed by atoms with E-state index >= 15 is 0 Å². The van der Waals surface area contributed by atoms with Gasteiger partial charge >= 0.3 is 5.97 Å². The highest BCUT2D eigenvalue weighted by molar-refractivity contribution is 5.85. The minimum atomic E-state index is -1.00. The Labute approximate surface area is 106 Å². The predicted molar refractivity (Wildman–Crippen MR) is 67.8 cm³/mol. The van der Waals surface area contributed by atoms with E-state index in [2.05, 4.69) is 17.2 Å². The van der Waals surface area contributed by atoms with Crippen LogP contribution in [0.2, 0.25) is 0 Å². The van der Waals surface area contributed by atoms with Crippen LogP contribution < -0.4 is 5.32 Å². The van der Waals surface area contributed by atoms with Gasteiger partial charge in [0.05, 0.1) is 18.0 Å². The molecule has 1 aliphatic heterocycles. The highest BCUT2D eigenvalue weighted by atomic mass is 16.5. The van der Waals surface area contributed by atoms with Gasteiger partial charge in [0.25, 0.3) is 0 Å². The SMILES string of the molecule is CCC1OCCC1CNc1ccc(C(=O)O)nc1. The summed E-state index contributed by atoms with van der Waals surface area (Å²) in [5.41, 5.74) is 0.915. The minimum Gasteiger partial charge on any atom is -0.477 e. The number of anilines is 1. The van der Waals surface area contributed by atoms with Crippen molar-refractivity contribution in [1.29, 1.82) is 0 Å². The van der Waals surface area contributed by atoms with Crippen molar-refractivity contribution in [2.24, 2.45) is 5.92 Å². The van der Waals surface area contributed by atoms with Crippen LogP contribution in [0.3, 0.4) is 0 Å². The number of pyridine rings is 1. The molecule has 5 nitrogen and oxygen atoms in total. The van der Waals surface area contributed by atoms with Gasteiger partial charge in [-0.1, -0.05) is 6.92 Å². The zero-order valence-corrected chi connectivity index (χ0v) is 10.4. The number of rotatable bonds is 5. The molecule has 2 heterocycles. The molecular formula is C13H18N2O3. The molecule has 0 amide bonds. The van der Waals surface area contributed by atoms with Crippen LogP contribution in [0.4, 0.5) is 5.69 Å². The van der Waals surface area contributed by atoms with Crippen molar-refractivity contribution >= 4 is 11.7 Å². The first-order chi connectivity index (χ1) is 8.70. The first-order valence-corrected chi connectivity index (χ1v) is 6.25. The maximum atomic E-state index is 10.7. The number of ether oxygens (including phenoxy) is 1. The summed E-state index contributed by atoms with van der Waals surface area (Å²) in [5, 5.41) is 12.0. The Morgan fingerprint density at radius 2 is 2.44 bits per heavy atom. The average molecular weight is 250 g/mol. The van der Waals surface area contributed by atoms with Crippen LogP contribution in [0.1, 0.15) is 30.3 Å². The molecule has 18 heavy (non-hydrogen) atoms. The van der Waals surface area contributed by atoms with Crippen molar-refractivity contribution in [3.05, 3.63) is 24.0 Å². The van der Waals surface area contributed by atoms with E-state index in [1.807, 2.05) is 0 Å². The molecule has 0 bridgehead atoms. The fraction of sp³-hybridized carbons (Fsp3) is 0.538. The lowest BCUT2D eigenvalue weighted by Crippen LogP contribution is -2.22. The van der Waals surface area contributed by atoms with Gasteiger partial charge in [-0.3, -0.25) is 0 Å². The van der Waals surface area contributed by atoms with Crippen molar-refractivity contribution in [1.82, 2.24) is 4.98 Å². The van der Waals surface area contributed by atoms with Crippen molar-refractivity contribution in [2.45, 2.75) is 25.9 Å². The third kappa shape index (κ3) is 2.98. The standard InChI is InChI=1S/C13H18N2O3/c1-2-12-9(5-6-18-12)7-14-10-3-4-11(13(16)17)15-8-10/h3-4,8-9,12,14H,2,5-7H2,1H3,(H,16,17). The van der Waals surface area contributed by atoms with E-state index < -0.39 is 5.97 Å². The number of hydrogen-bond acceptors (Lipinski definition) is 4. The zero-order valence-electron chi connectivity index (χ0n) is 10.4. The van der Waals surface area contributed by atoms with Gasteiger partial charge in [0.2, 0.25) is 0 Å². The number of aromatic carboxylic acids is 1. The number of carboxylic acids is 1. The van der Waals surface area contributed by atoms with Crippen LogP contribution >= 0.6 is 0 Å². The summed E-state index contributed by atoms with van der Waals surface area (Å²) < 4.78 is 5.62. The molecule has 1 fully saturated rings. The molecule has 0 aromatic carbocycles. The lowest BCUT2D eigenvalue weighted by molar-refractivity contribution is 0.0690. The van der Waals surface area contributed by atoms with E-state index in [4.69, 9.17) is 9.84 Å². The molecule has 2 atom stereocenters. The topological polar surface area (TPSA) is 71.5 Å². The summed E-state index contributed by atoms with van der Waals surface area (Å²) in [6.45, 7) is 3.81. The van der Waals surface area contributed by atoms with Crippen LogP contribution in [0.5, 0.6) is 0 Å². The molecule has 0 saturated carbocycles. The quantitative estimate of drug-likeness (QED) is 0.836. The Bertz CT molecular complexity index is 405. The molecule has 0 spiro atoms. The molecule has 98 valence electrons. The van der Waals surface area contributed by atoms with Crippen LogP contribution in [-0.4, -0.2) is 35.3 Å². The molecule has 1 aromatic heterocycles. The molecule has 1 saturated heterocycles. The number of nitrogens with zero attached hydrogens (tertiary/aromatic N) is 1. The maximum Gasteiger partial charge on any atom is 0.354 e. The molecule has 2 rings (SSSR count). The van der Waals surface area contributed by atoms with Gasteiger partial charge in [-0.2, -0.15) is 0 Å². The fourth-order valence-corrected chi connectivity index (χ4v) is 2.25. The van der Waals surface area contributed by atoms with E-state index in [1.54, 1.807) is 12.3 Å². The number of carbonyl (C=O) groups is 1. The second-order valence-corrected chi connectivity index (χ2v) is 4.48. The van der Waals surface area contributed by atoms with Crippen molar-refractivity contribution in [3.8, 4) is 0 Å². The lowest BCUT2D eigenvalue weighted by Gasteiger charge is -2.17. The predicted octanol–water partition coefficient (Wildman–Crippen LogP) is 2.01. The Balaban J connectivity index is 1.88. The van der Waals surface area contributed by atoms with Crippen molar-refractivity contribution in [3.63, 3.8) is 0 Å². The third-order valence-electron chi connectivity index (χ3n) is 3.30. The number of nitrogens with one attached hydrogen (secondary N) is 1. The maximum absolute atomic E-state index is 10.7. The molecule has 1 aromatic rings. The van der Waals surface area contributed by atoms with Gasteiger partial charge in [0.15, 0.2) is 0 Å². The molecular weight excluding hydrogens is 232 g/mol. The second kappa shape index (κ2) is 5.82. The van der Waals surface area contributed by atoms with Crippen LogP contribution in [0.15, 0.2) is 18.3 Å². The molecule has 0 radical (unpaired) electrons. The molecule has 1 aliphatic rings. The highest BCUT2D eigenvalue weighted by Gasteiger charge is 2.26. The summed E-state index contributed by atoms with van der Waals surface area (Å²) in [6, 6.07) is 3.25. The Hall–Kier alpha value is -1.62. The summed E-state index contributed by atoms with van der Waals surface area (Å²) in [7, 11) is 0. The average Bonchev–Trinajstić information content (AvgIpc) is 2.84. The number of carboxylic acid groups (broad SMARTS) is 1. The van der Waals surface area contributed by atoms with E-state index in [1.165, 1.54) is 6.07 Å². The first kappa shape index (κ1) is 12.8. The third-order valence-corrected chi connectivity index (χ3v) is 3.30. The van der Waals surface area contributed by atoms with Gasteiger partial charge < -0.3 is 15.2 Å². The highest BCUT2D eigenvalue weighted by Crippen LogP contribution is 2.23. The van der Waals surface area contributed by atoms with Gasteiger partial charge in [0.1, 0.15) is 5.69 Å². The smallest absolute Gasteiger partial charge is 0.354 e. The van der Waals surface area contributed by atoms with Gasteiger partial charge in [-0.05, 0) is 25.0 Å². The Morgan fingerprint density at radius 1 is 1.61 bits per heavy atom. The van der Waals surface area contributed by atoms with Crippen LogP contribution in [0.25, 0.3) is 0 Å². The van der Waals surface area contributed by atoms with Gasteiger partial charge in [-0.25, -0.2) is 9.78 Å². The summed E-state index contributed by atoms with van der Waals surface area (Å²) in [4.78, 5) is 14.5. The molecule has 2 unspecified atom stereocenters. The normalized spacial score (nSPS) is 22.9. The Kier molecular flexibility index (Phi) is 4.15. The summed E-state index contributed by atoms with van der Waals surface area (Å²) in [5.74, 6) is -0.481. The van der Waals surface area contributed by atoms with Gasteiger partial charge in [0, 0.05) is 19.1 Å². The summed E-state index contributed by atoms with van der Waals surface area (Å²) in [6.07, 6.45) is 4.00. The Morgan fingerprint density at radius 3 is 3.06 bits per heavy atom. The van der Waals surface area contributed by atoms with E-state index in [0.29, 0.717) is 12.0 Å². The summed E-state index contributed by atoms with van der Waals surface area (Å²) >= 11 is 0. The van der Waals surface area contributed by atoms with E-state index in [9.17, 15) is 4.79 Å². The first-order valence-electron chi connectivity index (χ1n) is 6.25. The minimum absolute atomic E-state index is 0.0659. The number of hydrogen-bond donors (Lipinski definition) is 2. The van der Waals surface area contributed by atoms with E-state index in [-0.39, 0.29) is 5.69 Å². The van der Waals surface area contributed by atoms with Gasteiger partial charge in [-0.15, -0.1) is 0 Å². The van der Waals surface area contributed by atoms with Crippen molar-refractivity contribution in [2.75, 3.05) is 18.5 Å². The molecule has 2 N–H and O–H groups in total.